The molecule has 0 radical (unpaired) electrons. The van der Waals surface area contributed by atoms with Crippen molar-refractivity contribution in [1.29, 1.82) is 0 Å². The first-order valence-electron chi connectivity index (χ1n) is 5.81. The Bertz CT molecular complexity index is 546. The van der Waals surface area contributed by atoms with Gasteiger partial charge in [0.05, 0.1) is 5.52 Å². The Labute approximate surface area is 95.9 Å². The summed E-state index contributed by atoms with van der Waals surface area (Å²) < 4.78 is 0. The molecule has 0 spiro atoms. The second-order valence-electron chi connectivity index (χ2n) is 4.67. The molecular weight excluding hydrogens is 196 g/mol. The highest BCUT2D eigenvalue weighted by Gasteiger charge is 2.17. The van der Waals surface area contributed by atoms with Gasteiger partial charge < -0.3 is 4.90 Å². The Balaban J connectivity index is 2.29. The molecular formula is C14H16N2. The van der Waals surface area contributed by atoms with Gasteiger partial charge in [-0.05, 0) is 31.2 Å². The van der Waals surface area contributed by atoms with Crippen molar-refractivity contribution >= 4 is 10.9 Å². The quantitative estimate of drug-likeness (QED) is 0.667. The number of pyridine rings is 1. The van der Waals surface area contributed by atoms with E-state index in [1.165, 1.54) is 22.2 Å². The van der Waals surface area contributed by atoms with Crippen molar-refractivity contribution in [1.82, 2.24) is 9.88 Å². The lowest BCUT2D eigenvalue weighted by molar-refractivity contribution is 0.309. The second-order valence-corrected chi connectivity index (χ2v) is 4.67. The van der Waals surface area contributed by atoms with Crippen molar-refractivity contribution in [2.24, 2.45) is 0 Å². The highest BCUT2D eigenvalue weighted by molar-refractivity contribution is 5.83. The van der Waals surface area contributed by atoms with Crippen LogP contribution >= 0.6 is 0 Å². The van der Waals surface area contributed by atoms with E-state index in [-0.39, 0.29) is 0 Å². The van der Waals surface area contributed by atoms with Crippen molar-refractivity contribution in [3.05, 3.63) is 41.1 Å². The van der Waals surface area contributed by atoms with Gasteiger partial charge in [-0.15, -0.1) is 0 Å². The monoisotopic (exact) mass is 212 g/mol. The molecule has 2 heteroatoms. The summed E-state index contributed by atoms with van der Waals surface area (Å²) in [6.45, 7) is 4.39. The normalized spacial score (nSPS) is 16.4. The Morgan fingerprint density at radius 3 is 2.94 bits per heavy atom. The van der Waals surface area contributed by atoms with Gasteiger partial charge in [0.15, 0.2) is 0 Å². The van der Waals surface area contributed by atoms with Crippen LogP contribution in [0.4, 0.5) is 0 Å². The number of likely N-dealkylation sites (N-methyl/N-ethyl adjacent to an activating group) is 1. The number of aromatic nitrogens is 1. The van der Waals surface area contributed by atoms with Gasteiger partial charge in [0.2, 0.25) is 0 Å². The zero-order valence-electron chi connectivity index (χ0n) is 9.83. The topological polar surface area (TPSA) is 16.1 Å². The van der Waals surface area contributed by atoms with Crippen molar-refractivity contribution in [2.75, 3.05) is 13.6 Å². The number of benzene rings is 1. The van der Waals surface area contributed by atoms with Crippen LogP contribution in [0.2, 0.25) is 0 Å². The van der Waals surface area contributed by atoms with Crippen LogP contribution < -0.4 is 0 Å². The van der Waals surface area contributed by atoms with Crippen molar-refractivity contribution in [3.8, 4) is 0 Å². The van der Waals surface area contributed by atoms with Gasteiger partial charge in [-0.2, -0.15) is 0 Å². The SMILES string of the molecule is Cc1c2c(nc3ccccc13)CCN(C)C2. The summed E-state index contributed by atoms with van der Waals surface area (Å²) in [6, 6.07) is 8.44. The third-order valence-electron chi connectivity index (χ3n) is 3.52. The first-order valence-corrected chi connectivity index (χ1v) is 5.81. The summed E-state index contributed by atoms with van der Waals surface area (Å²) in [7, 11) is 2.18. The number of para-hydroxylation sites is 1. The molecule has 0 N–H and O–H groups in total. The van der Waals surface area contributed by atoms with Gasteiger partial charge in [-0.1, -0.05) is 18.2 Å². The number of hydrogen-bond donors (Lipinski definition) is 0. The lowest BCUT2D eigenvalue weighted by atomic mass is 9.97. The molecule has 1 aliphatic heterocycles. The summed E-state index contributed by atoms with van der Waals surface area (Å²) >= 11 is 0. The molecule has 0 saturated heterocycles. The molecule has 0 amide bonds. The van der Waals surface area contributed by atoms with Crippen LogP contribution in [0.3, 0.4) is 0 Å². The molecule has 16 heavy (non-hydrogen) atoms. The number of hydrogen-bond acceptors (Lipinski definition) is 2. The van der Waals surface area contributed by atoms with E-state index in [0.29, 0.717) is 0 Å². The number of nitrogens with zero attached hydrogens (tertiary/aromatic N) is 2. The van der Waals surface area contributed by atoms with E-state index in [4.69, 9.17) is 4.98 Å². The van der Waals surface area contributed by atoms with Gasteiger partial charge >= 0.3 is 0 Å². The molecule has 1 aromatic heterocycles. The minimum absolute atomic E-state index is 1.04. The highest BCUT2D eigenvalue weighted by atomic mass is 15.1. The molecule has 1 aromatic carbocycles. The van der Waals surface area contributed by atoms with Crippen molar-refractivity contribution < 1.29 is 0 Å². The van der Waals surface area contributed by atoms with E-state index < -0.39 is 0 Å². The van der Waals surface area contributed by atoms with Crippen LogP contribution in [-0.2, 0) is 13.0 Å². The molecule has 3 rings (SSSR count). The standard InChI is InChI=1S/C14H16N2/c1-10-11-5-3-4-6-13(11)15-14-7-8-16(2)9-12(10)14/h3-6H,7-9H2,1-2H3. The summed E-state index contributed by atoms with van der Waals surface area (Å²) in [4.78, 5) is 7.15. The van der Waals surface area contributed by atoms with Gasteiger partial charge in [0, 0.05) is 30.6 Å². The molecule has 0 atom stereocenters. The maximum atomic E-state index is 4.78. The van der Waals surface area contributed by atoms with E-state index in [9.17, 15) is 0 Å². The van der Waals surface area contributed by atoms with Crippen LogP contribution in [0.1, 0.15) is 16.8 Å². The number of fused-ring (bicyclic) bond motifs is 2. The lowest BCUT2D eigenvalue weighted by Crippen LogP contribution is -2.28. The Kier molecular flexibility index (Phi) is 2.18. The Hall–Kier alpha value is -1.41. The first-order chi connectivity index (χ1) is 7.75. The first kappa shape index (κ1) is 9.79. The molecule has 0 aliphatic carbocycles. The fraction of sp³-hybridized carbons (Fsp3) is 0.357. The minimum Gasteiger partial charge on any atom is -0.302 e. The fourth-order valence-electron chi connectivity index (χ4n) is 2.54. The van der Waals surface area contributed by atoms with Gasteiger partial charge in [0.25, 0.3) is 0 Å². The fourth-order valence-corrected chi connectivity index (χ4v) is 2.54. The number of rotatable bonds is 0. The maximum Gasteiger partial charge on any atom is 0.0708 e. The molecule has 2 heterocycles. The van der Waals surface area contributed by atoms with Crippen LogP contribution in [0.5, 0.6) is 0 Å². The zero-order valence-corrected chi connectivity index (χ0v) is 9.83. The average Bonchev–Trinajstić information content (AvgIpc) is 2.31. The van der Waals surface area contributed by atoms with Crippen LogP contribution in [0.25, 0.3) is 10.9 Å². The predicted octanol–water partition coefficient (Wildman–Crippen LogP) is 2.53. The zero-order chi connectivity index (χ0) is 11.1. The van der Waals surface area contributed by atoms with Crippen LogP contribution in [0.15, 0.2) is 24.3 Å². The third-order valence-corrected chi connectivity index (χ3v) is 3.52. The summed E-state index contributed by atoms with van der Waals surface area (Å²) in [5.41, 5.74) is 5.29. The van der Waals surface area contributed by atoms with Crippen molar-refractivity contribution in [2.45, 2.75) is 19.9 Å². The average molecular weight is 212 g/mol. The van der Waals surface area contributed by atoms with Gasteiger partial charge in [0.1, 0.15) is 0 Å². The van der Waals surface area contributed by atoms with E-state index in [2.05, 4.69) is 43.1 Å². The second kappa shape index (κ2) is 3.56. The smallest absolute Gasteiger partial charge is 0.0708 e. The third kappa shape index (κ3) is 1.41. The van der Waals surface area contributed by atoms with Crippen LogP contribution in [-0.4, -0.2) is 23.5 Å². The largest absolute Gasteiger partial charge is 0.302 e. The van der Waals surface area contributed by atoms with Crippen LogP contribution in [0, 0.1) is 6.92 Å². The molecule has 0 saturated carbocycles. The number of aryl methyl sites for hydroxylation is 1. The molecule has 82 valence electrons. The van der Waals surface area contributed by atoms with Gasteiger partial charge in [-0.3, -0.25) is 4.98 Å². The maximum absolute atomic E-state index is 4.78. The summed E-state index contributed by atoms with van der Waals surface area (Å²) in [5, 5.41) is 1.30. The molecule has 2 nitrogen and oxygen atoms in total. The summed E-state index contributed by atoms with van der Waals surface area (Å²) in [5.74, 6) is 0. The Morgan fingerprint density at radius 1 is 1.25 bits per heavy atom. The van der Waals surface area contributed by atoms with E-state index in [1.54, 1.807) is 0 Å². The Morgan fingerprint density at radius 2 is 2.06 bits per heavy atom. The van der Waals surface area contributed by atoms with E-state index in [1.807, 2.05) is 0 Å². The van der Waals surface area contributed by atoms with Crippen molar-refractivity contribution in [3.63, 3.8) is 0 Å². The van der Waals surface area contributed by atoms with E-state index in [0.717, 1.165) is 25.0 Å². The highest BCUT2D eigenvalue weighted by Crippen LogP contribution is 2.26. The molecule has 2 aromatic rings. The molecule has 0 bridgehead atoms. The lowest BCUT2D eigenvalue weighted by Gasteiger charge is -2.26. The molecule has 0 fully saturated rings. The molecule has 1 aliphatic rings. The molecule has 0 unspecified atom stereocenters. The predicted molar refractivity (Wildman–Crippen MR) is 66.5 cm³/mol. The van der Waals surface area contributed by atoms with E-state index >= 15 is 0 Å². The summed E-state index contributed by atoms with van der Waals surface area (Å²) in [6.07, 6.45) is 1.08. The van der Waals surface area contributed by atoms with Gasteiger partial charge in [-0.25, -0.2) is 0 Å². The minimum atomic E-state index is 1.04.